The van der Waals surface area contributed by atoms with Gasteiger partial charge in [0.15, 0.2) is 5.96 Å². The summed E-state index contributed by atoms with van der Waals surface area (Å²) in [5.41, 5.74) is 12.5. The first-order chi connectivity index (χ1) is 26.6. The van der Waals surface area contributed by atoms with Gasteiger partial charge in [-0.05, 0) is 119 Å². The molecule has 2 saturated carbocycles. The highest BCUT2D eigenvalue weighted by molar-refractivity contribution is 8.76. The number of carbonyl (C=O) groups is 2. The van der Waals surface area contributed by atoms with Crippen LogP contribution in [0.3, 0.4) is 0 Å². The third kappa shape index (κ3) is 12.6. The Morgan fingerprint density at radius 3 is 2.64 bits per heavy atom. The van der Waals surface area contributed by atoms with Crippen molar-refractivity contribution in [1.29, 1.82) is 0 Å². The predicted molar refractivity (Wildman–Crippen MR) is 221 cm³/mol. The molecule has 0 aromatic heterocycles. The summed E-state index contributed by atoms with van der Waals surface area (Å²) in [6.07, 6.45) is 15.9. The van der Waals surface area contributed by atoms with Crippen LogP contribution in [0, 0.1) is 35.0 Å². The summed E-state index contributed by atoms with van der Waals surface area (Å²) in [4.78, 5) is 32.9. The fourth-order valence-electron chi connectivity index (χ4n) is 11.3. The van der Waals surface area contributed by atoms with Crippen molar-refractivity contribution >= 4 is 39.4 Å². The summed E-state index contributed by atoms with van der Waals surface area (Å²) >= 11 is 0. The number of amides is 1. The smallest absolute Gasteiger partial charge is 0.302 e. The molecule has 7 unspecified atom stereocenters. The zero-order valence-electron chi connectivity index (χ0n) is 33.4. The monoisotopic (exact) mass is 808 g/mol. The highest BCUT2D eigenvalue weighted by atomic mass is 33.1. The number of carbonyl (C=O) groups excluding carboxylic acids is 2. The Morgan fingerprint density at radius 1 is 0.964 bits per heavy atom. The van der Waals surface area contributed by atoms with E-state index >= 15 is 0 Å². The average molecular weight is 809 g/mol. The van der Waals surface area contributed by atoms with Crippen LogP contribution in [0.2, 0.25) is 0 Å². The van der Waals surface area contributed by atoms with Crippen LogP contribution in [0.1, 0.15) is 129 Å². The number of esters is 1. The van der Waals surface area contributed by atoms with Crippen molar-refractivity contribution in [2.75, 3.05) is 37.8 Å². The number of aliphatic hydroxyl groups excluding tert-OH is 2. The van der Waals surface area contributed by atoms with Crippen LogP contribution in [0.25, 0.3) is 0 Å². The molecule has 0 aromatic carbocycles. The standard InChI is InChI=1S/C41H72N6O6S2/c1-27(48)52-33-12-10-30-20-31(38(51)39-34(30)13-11-29-7-6-9-35(29)53-39)24-47-25-41(23-37(47)50,22-28-14-16-44-36(42)19-28)15-17-45-40(43)46-26-55-54-18-5-3-2-4-8-32(49)21-33/h28-36,38-39,44,49,51H,2-26,42H2,1H3,(H3,43,45,46)/t28?,29-,30?,31?,32-,33-,34?,35-,36?,38?,39?,41-/m0/s1. The number of hydrogen-bond acceptors (Lipinski definition) is 13. The van der Waals surface area contributed by atoms with Crippen molar-refractivity contribution in [1.82, 2.24) is 15.5 Å². The molecule has 0 aromatic rings. The molecule has 0 spiro atoms. The van der Waals surface area contributed by atoms with Gasteiger partial charge in [-0.1, -0.05) is 47.3 Å². The molecule has 8 N–H and O–H groups in total. The molecule has 2 aliphatic carbocycles. The van der Waals surface area contributed by atoms with Crippen molar-refractivity contribution in [2.24, 2.45) is 51.5 Å². The molecule has 55 heavy (non-hydrogen) atoms. The molecule has 4 aliphatic heterocycles. The average Bonchev–Trinajstić information content (AvgIpc) is 3.65. The molecule has 3 saturated heterocycles. The van der Waals surface area contributed by atoms with E-state index in [2.05, 4.69) is 20.5 Å². The van der Waals surface area contributed by atoms with Gasteiger partial charge in [-0.3, -0.25) is 9.59 Å². The highest BCUT2D eigenvalue weighted by Gasteiger charge is 2.51. The summed E-state index contributed by atoms with van der Waals surface area (Å²) in [6, 6.07) is 0. The lowest BCUT2D eigenvalue weighted by molar-refractivity contribution is -0.159. The maximum atomic E-state index is 14.1. The molecule has 6 aliphatic rings. The molecular formula is C41H72N6O6S2. The first-order valence-electron chi connectivity index (χ1n) is 21.8. The van der Waals surface area contributed by atoms with Crippen molar-refractivity contribution in [3.05, 3.63) is 0 Å². The SMILES string of the molecule is CC(=O)O[C@H]1CCC2CC(CN3C[C@](CC4CCNC(N)C4)(CCNC(N)=NCSSCCCCCC[C@H](O)C1)CC3=O)C(O)C1O[C@H]3CCC[C@H]3CCC21. The van der Waals surface area contributed by atoms with E-state index < -0.39 is 12.2 Å². The van der Waals surface area contributed by atoms with E-state index in [-0.39, 0.29) is 59.5 Å². The fourth-order valence-corrected chi connectivity index (χ4v) is 13.1. The maximum Gasteiger partial charge on any atom is 0.302 e. The van der Waals surface area contributed by atoms with E-state index in [1.165, 1.54) is 19.8 Å². The lowest BCUT2D eigenvalue weighted by Gasteiger charge is -2.46. The molecule has 5 fully saturated rings. The number of guanidine groups is 1. The lowest BCUT2D eigenvalue weighted by atomic mass is 9.67. The zero-order chi connectivity index (χ0) is 38.8. The van der Waals surface area contributed by atoms with E-state index in [0.29, 0.717) is 69.0 Å². The first kappa shape index (κ1) is 43.3. The summed E-state index contributed by atoms with van der Waals surface area (Å²) in [5.74, 6) is 3.31. The second-order valence-electron chi connectivity index (χ2n) is 18.1. The summed E-state index contributed by atoms with van der Waals surface area (Å²) < 4.78 is 12.8. The van der Waals surface area contributed by atoms with E-state index in [4.69, 9.17) is 20.9 Å². The van der Waals surface area contributed by atoms with Crippen LogP contribution in [0.5, 0.6) is 0 Å². The first-order valence-corrected chi connectivity index (χ1v) is 24.3. The number of nitrogens with one attached hydrogen (secondary N) is 2. The number of aliphatic hydroxyl groups is 2. The molecule has 4 bridgehead atoms. The maximum absolute atomic E-state index is 14.1. The van der Waals surface area contributed by atoms with E-state index in [9.17, 15) is 19.8 Å². The molecule has 6 rings (SSSR count). The Hall–Kier alpha value is -1.29. The van der Waals surface area contributed by atoms with Gasteiger partial charge in [0, 0.05) is 51.1 Å². The van der Waals surface area contributed by atoms with Gasteiger partial charge in [0.2, 0.25) is 5.91 Å². The number of aliphatic imine (C=N–C) groups is 1. The van der Waals surface area contributed by atoms with Crippen molar-refractivity contribution in [3.63, 3.8) is 0 Å². The molecular weight excluding hydrogens is 737 g/mol. The largest absolute Gasteiger partial charge is 0.462 e. The van der Waals surface area contributed by atoms with Gasteiger partial charge in [-0.2, -0.15) is 0 Å². The van der Waals surface area contributed by atoms with Crippen LogP contribution >= 0.6 is 21.6 Å². The minimum atomic E-state index is -0.641. The van der Waals surface area contributed by atoms with Gasteiger partial charge in [-0.15, -0.1) is 0 Å². The minimum absolute atomic E-state index is 0.0203. The highest BCUT2D eigenvalue weighted by Crippen LogP contribution is 2.49. The molecule has 12 atom stereocenters. The van der Waals surface area contributed by atoms with Gasteiger partial charge in [0.1, 0.15) is 6.10 Å². The topological polar surface area (TPSA) is 185 Å². The number of nitrogens with two attached hydrogens (primary N) is 2. The summed E-state index contributed by atoms with van der Waals surface area (Å²) in [6.45, 7) is 4.18. The number of hydrogen-bond donors (Lipinski definition) is 6. The Balaban J connectivity index is 1.21. The van der Waals surface area contributed by atoms with Crippen molar-refractivity contribution in [3.8, 4) is 0 Å². The van der Waals surface area contributed by atoms with Gasteiger partial charge >= 0.3 is 5.97 Å². The van der Waals surface area contributed by atoms with Crippen LogP contribution in [0.15, 0.2) is 4.99 Å². The Morgan fingerprint density at radius 2 is 1.80 bits per heavy atom. The van der Waals surface area contributed by atoms with Gasteiger partial charge in [-0.25, -0.2) is 4.99 Å². The molecule has 1 amide bonds. The molecule has 4 heterocycles. The molecule has 14 heteroatoms. The van der Waals surface area contributed by atoms with Gasteiger partial charge in [0.05, 0.1) is 36.5 Å². The lowest BCUT2D eigenvalue weighted by Crippen LogP contribution is -2.52. The minimum Gasteiger partial charge on any atom is -0.462 e. The molecule has 314 valence electrons. The molecule has 0 radical (unpaired) electrons. The quantitative estimate of drug-likeness (QED) is 0.168. The Bertz CT molecular complexity index is 1270. The number of rotatable bonds is 3. The number of piperidine rings is 1. The third-order valence-corrected chi connectivity index (χ3v) is 16.1. The van der Waals surface area contributed by atoms with E-state index in [0.717, 1.165) is 95.8 Å². The fraction of sp³-hybridized carbons (Fsp3) is 0.927. The Kier molecular flexibility index (Phi) is 16.6. The van der Waals surface area contributed by atoms with Crippen LogP contribution in [0.4, 0.5) is 0 Å². The number of ether oxygens (including phenoxy) is 2. The summed E-state index contributed by atoms with van der Waals surface area (Å²) in [7, 11) is 3.52. The summed E-state index contributed by atoms with van der Waals surface area (Å²) in [5, 5.41) is 30.0. The zero-order valence-corrected chi connectivity index (χ0v) is 35.1. The second kappa shape index (κ2) is 21.1. The van der Waals surface area contributed by atoms with Gasteiger partial charge < -0.3 is 46.7 Å². The predicted octanol–water partition coefficient (Wildman–Crippen LogP) is 4.90. The van der Waals surface area contributed by atoms with E-state index in [1.807, 2.05) is 10.8 Å². The van der Waals surface area contributed by atoms with Crippen LogP contribution in [-0.4, -0.2) is 107 Å². The number of fused-ring (bicyclic) bond motifs is 7. The van der Waals surface area contributed by atoms with Crippen LogP contribution < -0.4 is 22.1 Å². The third-order valence-electron chi connectivity index (χ3n) is 13.9. The normalized spacial score (nSPS) is 40.9. The second-order valence-corrected chi connectivity index (χ2v) is 20.7. The van der Waals surface area contributed by atoms with Crippen molar-refractivity contribution < 1.29 is 29.3 Å². The molecule has 12 nitrogen and oxygen atoms in total. The number of nitrogens with zero attached hydrogens (tertiary/aromatic N) is 2. The van der Waals surface area contributed by atoms with Gasteiger partial charge in [0.25, 0.3) is 0 Å². The van der Waals surface area contributed by atoms with Crippen molar-refractivity contribution in [2.45, 2.75) is 166 Å². The van der Waals surface area contributed by atoms with E-state index in [1.54, 1.807) is 10.8 Å². The Labute approximate surface area is 338 Å². The van der Waals surface area contributed by atoms with Crippen LogP contribution in [-0.2, 0) is 19.1 Å².